The number of cyclic esters (lactones) is 1. The van der Waals surface area contributed by atoms with E-state index in [1.807, 2.05) is 0 Å². The number of nitrogens with two attached hydrogens (primary N) is 1. The second kappa shape index (κ2) is 8.60. The summed E-state index contributed by atoms with van der Waals surface area (Å²) >= 11 is 6.99. The molecule has 30 heavy (non-hydrogen) atoms. The molecule has 0 spiro atoms. The molecule has 3 heterocycles. The van der Waals surface area contributed by atoms with Crippen LogP contribution in [-0.4, -0.2) is 61.9 Å². The van der Waals surface area contributed by atoms with Crippen LogP contribution in [0.5, 0.6) is 0 Å². The molecule has 11 heteroatoms. The quantitative estimate of drug-likeness (QED) is 0.425. The van der Waals surface area contributed by atoms with E-state index in [1.165, 1.54) is 4.90 Å². The first-order valence-corrected chi connectivity index (χ1v) is 10.4. The van der Waals surface area contributed by atoms with Gasteiger partial charge in [0.2, 0.25) is 0 Å². The van der Waals surface area contributed by atoms with Crippen LogP contribution < -0.4 is 15.6 Å². The number of rotatable bonds is 5. The molecule has 1 aromatic heterocycles. The molecule has 2 aromatic rings. The first-order chi connectivity index (χ1) is 14.4. The Labute approximate surface area is 181 Å². The molecular formula is C19H19ClN4O5S. The summed E-state index contributed by atoms with van der Waals surface area (Å²) in [6.45, 7) is 1.34. The third kappa shape index (κ3) is 4.26. The van der Waals surface area contributed by atoms with Crippen LogP contribution in [0.4, 0.5) is 16.2 Å². The molecule has 0 bridgehead atoms. The molecule has 2 aliphatic heterocycles. The molecule has 0 radical (unpaired) electrons. The zero-order valence-corrected chi connectivity index (χ0v) is 17.4. The largest absolute Gasteiger partial charge is 0.442 e. The average Bonchev–Trinajstić information content (AvgIpc) is 3.33. The lowest BCUT2D eigenvalue weighted by Gasteiger charge is -2.27. The number of hydrogen-bond acceptors (Lipinski definition) is 7. The minimum absolute atomic E-state index is 0.0525. The van der Waals surface area contributed by atoms with Crippen molar-refractivity contribution in [2.24, 2.45) is 5.84 Å². The highest BCUT2D eigenvalue weighted by Crippen LogP contribution is 2.26. The molecule has 0 aliphatic carbocycles. The van der Waals surface area contributed by atoms with Crippen LogP contribution in [0.15, 0.2) is 36.4 Å². The highest BCUT2D eigenvalue weighted by atomic mass is 35.5. The normalized spacial score (nSPS) is 19.2. The topological polar surface area (TPSA) is 105 Å². The van der Waals surface area contributed by atoms with E-state index in [0.717, 1.165) is 22.0 Å². The Morgan fingerprint density at radius 2 is 1.87 bits per heavy atom. The molecule has 1 aromatic carbocycles. The second-order valence-corrected chi connectivity index (χ2v) is 8.51. The van der Waals surface area contributed by atoms with E-state index in [1.54, 1.807) is 41.3 Å². The zero-order chi connectivity index (χ0) is 21.3. The van der Waals surface area contributed by atoms with E-state index in [9.17, 15) is 14.4 Å². The number of amides is 3. The maximum atomic E-state index is 12.4. The maximum absolute atomic E-state index is 12.4. The molecule has 9 nitrogen and oxygen atoms in total. The van der Waals surface area contributed by atoms with Gasteiger partial charge in [0.1, 0.15) is 12.7 Å². The summed E-state index contributed by atoms with van der Waals surface area (Å²) in [6, 6.07) is 10.3. The van der Waals surface area contributed by atoms with E-state index < -0.39 is 12.2 Å². The first-order valence-electron chi connectivity index (χ1n) is 9.20. The summed E-state index contributed by atoms with van der Waals surface area (Å²) in [5, 5.41) is 1.02. The number of thiophene rings is 1. The lowest BCUT2D eigenvalue weighted by atomic mass is 10.2. The number of hydrogen-bond donors (Lipinski definition) is 1. The van der Waals surface area contributed by atoms with E-state index >= 15 is 0 Å². The first kappa shape index (κ1) is 20.6. The molecule has 2 N–H and O–H groups in total. The second-order valence-electron chi connectivity index (χ2n) is 6.79. The number of ether oxygens (including phenoxy) is 2. The van der Waals surface area contributed by atoms with Gasteiger partial charge in [0, 0.05) is 17.9 Å². The van der Waals surface area contributed by atoms with Crippen LogP contribution in [0.25, 0.3) is 0 Å². The predicted octanol–water partition coefficient (Wildman–Crippen LogP) is 2.11. The van der Waals surface area contributed by atoms with E-state index in [-0.39, 0.29) is 31.5 Å². The number of carbonyl (C=O) groups is 3. The summed E-state index contributed by atoms with van der Waals surface area (Å²) in [7, 11) is 0. The number of hydrazine groups is 1. The molecule has 3 amide bonds. The van der Waals surface area contributed by atoms with Crippen molar-refractivity contribution in [1.82, 2.24) is 5.01 Å². The van der Waals surface area contributed by atoms with Crippen LogP contribution in [0.1, 0.15) is 9.67 Å². The van der Waals surface area contributed by atoms with Gasteiger partial charge in [-0.05, 0) is 36.4 Å². The number of halogens is 1. The van der Waals surface area contributed by atoms with E-state index in [2.05, 4.69) is 0 Å². The Morgan fingerprint density at radius 3 is 2.50 bits per heavy atom. The van der Waals surface area contributed by atoms with Crippen molar-refractivity contribution in [2.75, 3.05) is 42.6 Å². The predicted molar refractivity (Wildman–Crippen MR) is 112 cm³/mol. The van der Waals surface area contributed by atoms with Gasteiger partial charge in [0.05, 0.1) is 28.9 Å². The van der Waals surface area contributed by atoms with Gasteiger partial charge in [-0.15, -0.1) is 11.3 Å². The lowest BCUT2D eigenvalue weighted by molar-refractivity contribution is -0.125. The van der Waals surface area contributed by atoms with Gasteiger partial charge in [-0.3, -0.25) is 19.5 Å². The van der Waals surface area contributed by atoms with Crippen molar-refractivity contribution in [3.05, 3.63) is 45.6 Å². The van der Waals surface area contributed by atoms with Crippen LogP contribution in [0.3, 0.4) is 0 Å². The SMILES string of the molecule is NN(C[C@H]1CN(c2ccc(N3CCOCC3=O)cc2)C(=O)O1)C(=O)c1ccc(Cl)s1. The smallest absolute Gasteiger partial charge is 0.414 e. The van der Waals surface area contributed by atoms with Crippen LogP contribution in [0.2, 0.25) is 4.34 Å². The number of carbonyl (C=O) groups excluding carboxylic acids is 3. The molecule has 158 valence electrons. The summed E-state index contributed by atoms with van der Waals surface area (Å²) in [5.41, 5.74) is 1.37. The van der Waals surface area contributed by atoms with Gasteiger partial charge in [-0.25, -0.2) is 10.6 Å². The molecule has 2 saturated heterocycles. The fourth-order valence-electron chi connectivity index (χ4n) is 3.30. The minimum Gasteiger partial charge on any atom is -0.442 e. The van der Waals surface area contributed by atoms with Crippen molar-refractivity contribution in [1.29, 1.82) is 0 Å². The van der Waals surface area contributed by atoms with Crippen LogP contribution >= 0.6 is 22.9 Å². The van der Waals surface area contributed by atoms with E-state index in [0.29, 0.717) is 28.1 Å². The Hall–Kier alpha value is -2.66. The Morgan fingerprint density at radius 1 is 1.17 bits per heavy atom. The average molecular weight is 451 g/mol. The highest BCUT2D eigenvalue weighted by Gasteiger charge is 2.34. The number of anilines is 2. The molecule has 0 unspecified atom stereocenters. The van der Waals surface area contributed by atoms with Gasteiger partial charge in [0.25, 0.3) is 11.8 Å². The van der Waals surface area contributed by atoms with Crippen molar-refractivity contribution < 1.29 is 23.9 Å². The van der Waals surface area contributed by atoms with Crippen LogP contribution in [-0.2, 0) is 14.3 Å². The summed E-state index contributed by atoms with van der Waals surface area (Å²) in [6.07, 6.45) is -1.09. The maximum Gasteiger partial charge on any atom is 0.414 e. The van der Waals surface area contributed by atoms with Crippen molar-refractivity contribution in [3.8, 4) is 0 Å². The highest BCUT2D eigenvalue weighted by molar-refractivity contribution is 7.17. The number of morpholine rings is 1. The van der Waals surface area contributed by atoms with Gasteiger partial charge < -0.3 is 14.4 Å². The van der Waals surface area contributed by atoms with E-state index in [4.69, 9.17) is 26.9 Å². The van der Waals surface area contributed by atoms with Crippen molar-refractivity contribution in [2.45, 2.75) is 6.10 Å². The molecule has 0 saturated carbocycles. The number of nitrogens with zero attached hydrogens (tertiary/aromatic N) is 3. The molecule has 2 fully saturated rings. The molecule has 1 atom stereocenters. The molecule has 4 rings (SSSR count). The fourth-order valence-corrected chi connectivity index (χ4v) is 4.30. The summed E-state index contributed by atoms with van der Waals surface area (Å²) in [5.74, 6) is 5.38. The van der Waals surface area contributed by atoms with Gasteiger partial charge >= 0.3 is 6.09 Å². The minimum atomic E-state index is -0.567. The number of benzene rings is 1. The van der Waals surface area contributed by atoms with Gasteiger partial charge in [-0.2, -0.15) is 0 Å². The zero-order valence-electron chi connectivity index (χ0n) is 15.8. The Bertz CT molecular complexity index is 966. The fraction of sp³-hybridized carbons (Fsp3) is 0.316. The Balaban J connectivity index is 1.38. The van der Waals surface area contributed by atoms with Crippen molar-refractivity contribution in [3.63, 3.8) is 0 Å². The standard InChI is InChI=1S/C19H19ClN4O5S/c20-16-6-5-15(30-16)18(26)24(21)10-14-9-23(19(27)29-14)13-3-1-12(2-4-13)22-7-8-28-11-17(22)25/h1-6,14H,7-11,21H2/t14-/m1/s1. The van der Waals surface area contributed by atoms with Gasteiger partial charge in [-0.1, -0.05) is 11.6 Å². The third-order valence-electron chi connectivity index (χ3n) is 4.78. The van der Waals surface area contributed by atoms with Crippen LogP contribution in [0, 0.1) is 0 Å². The monoisotopic (exact) mass is 450 g/mol. The molecule has 2 aliphatic rings. The Kier molecular flexibility index (Phi) is 5.91. The molecular weight excluding hydrogens is 432 g/mol. The van der Waals surface area contributed by atoms with Crippen molar-refractivity contribution >= 4 is 52.2 Å². The van der Waals surface area contributed by atoms with Gasteiger partial charge in [0.15, 0.2) is 0 Å². The summed E-state index contributed by atoms with van der Waals surface area (Å²) < 4.78 is 11.0. The lowest BCUT2D eigenvalue weighted by Crippen LogP contribution is -2.43. The summed E-state index contributed by atoms with van der Waals surface area (Å²) in [4.78, 5) is 40.1. The third-order valence-corrected chi connectivity index (χ3v) is 6.00.